The van der Waals surface area contributed by atoms with Gasteiger partial charge in [0.1, 0.15) is 0 Å². The van der Waals surface area contributed by atoms with E-state index in [4.69, 9.17) is 5.11 Å². The standard InChI is InChI=1S/C12H16O3/c1-8-5-4-6-10(7-8)12(3,15)9(2)11(13)14/h4-7,9,15H,1-3H3,(H,13,14). The second-order valence-corrected chi connectivity index (χ2v) is 4.08. The second-order valence-electron chi connectivity index (χ2n) is 4.08. The van der Waals surface area contributed by atoms with E-state index in [-0.39, 0.29) is 0 Å². The molecule has 0 heterocycles. The molecule has 0 amide bonds. The number of benzene rings is 1. The largest absolute Gasteiger partial charge is 0.481 e. The Balaban J connectivity index is 3.10. The number of aryl methyl sites for hydroxylation is 1. The molecule has 2 N–H and O–H groups in total. The van der Waals surface area contributed by atoms with E-state index in [2.05, 4.69) is 0 Å². The van der Waals surface area contributed by atoms with Gasteiger partial charge in [0.2, 0.25) is 0 Å². The van der Waals surface area contributed by atoms with E-state index in [1.165, 1.54) is 13.8 Å². The van der Waals surface area contributed by atoms with Crippen LogP contribution in [-0.2, 0) is 10.4 Å². The fraction of sp³-hybridized carbons (Fsp3) is 0.417. The topological polar surface area (TPSA) is 57.5 Å². The minimum Gasteiger partial charge on any atom is -0.481 e. The zero-order valence-corrected chi connectivity index (χ0v) is 9.19. The molecule has 2 atom stereocenters. The molecule has 0 bridgehead atoms. The number of aliphatic carboxylic acids is 1. The highest BCUT2D eigenvalue weighted by Gasteiger charge is 2.35. The van der Waals surface area contributed by atoms with Crippen LogP contribution in [0.5, 0.6) is 0 Å². The Kier molecular flexibility index (Phi) is 3.15. The lowest BCUT2D eigenvalue weighted by Gasteiger charge is -2.28. The molecule has 0 saturated heterocycles. The van der Waals surface area contributed by atoms with Gasteiger partial charge >= 0.3 is 5.97 Å². The Morgan fingerprint density at radius 2 is 2.07 bits per heavy atom. The van der Waals surface area contributed by atoms with Crippen LogP contribution < -0.4 is 0 Å². The van der Waals surface area contributed by atoms with Crippen molar-refractivity contribution in [1.29, 1.82) is 0 Å². The Morgan fingerprint density at radius 1 is 1.47 bits per heavy atom. The molecule has 0 aliphatic heterocycles. The molecule has 3 nitrogen and oxygen atoms in total. The molecule has 82 valence electrons. The molecule has 0 aromatic heterocycles. The Bertz CT molecular complexity index is 369. The third kappa shape index (κ3) is 2.36. The molecule has 0 aliphatic rings. The molecule has 1 rings (SSSR count). The van der Waals surface area contributed by atoms with Crippen molar-refractivity contribution >= 4 is 5.97 Å². The van der Waals surface area contributed by atoms with Crippen LogP contribution in [0, 0.1) is 12.8 Å². The summed E-state index contributed by atoms with van der Waals surface area (Å²) in [5, 5.41) is 19.1. The Hall–Kier alpha value is -1.35. The summed E-state index contributed by atoms with van der Waals surface area (Å²) in [6, 6.07) is 7.27. The van der Waals surface area contributed by atoms with Gasteiger partial charge in [-0.25, -0.2) is 0 Å². The lowest BCUT2D eigenvalue weighted by atomic mass is 9.83. The monoisotopic (exact) mass is 208 g/mol. The molecule has 0 aliphatic carbocycles. The normalized spacial score (nSPS) is 16.8. The minimum absolute atomic E-state index is 0.636. The highest BCUT2D eigenvalue weighted by molar-refractivity contribution is 5.71. The minimum atomic E-state index is -1.34. The average Bonchev–Trinajstić information content (AvgIpc) is 2.16. The van der Waals surface area contributed by atoms with Crippen LogP contribution in [0.4, 0.5) is 0 Å². The summed E-state index contributed by atoms with van der Waals surface area (Å²) in [5.41, 5.74) is 0.306. The molecule has 0 saturated carbocycles. The van der Waals surface area contributed by atoms with Gasteiger partial charge in [-0.15, -0.1) is 0 Å². The van der Waals surface area contributed by atoms with Crippen molar-refractivity contribution in [2.45, 2.75) is 26.4 Å². The SMILES string of the molecule is Cc1cccc(C(C)(O)C(C)C(=O)O)c1. The summed E-state index contributed by atoms with van der Waals surface area (Å²) in [5.74, 6) is -1.83. The van der Waals surface area contributed by atoms with E-state index in [0.717, 1.165) is 5.56 Å². The smallest absolute Gasteiger partial charge is 0.309 e. The lowest BCUT2D eigenvalue weighted by Crippen LogP contribution is -2.35. The van der Waals surface area contributed by atoms with Gasteiger partial charge in [-0.05, 0) is 26.3 Å². The first-order valence-corrected chi connectivity index (χ1v) is 4.88. The molecule has 0 spiro atoms. The van der Waals surface area contributed by atoms with Crippen LogP contribution in [0.3, 0.4) is 0 Å². The first kappa shape index (κ1) is 11.7. The second kappa shape index (κ2) is 4.03. The van der Waals surface area contributed by atoms with Crippen molar-refractivity contribution in [3.63, 3.8) is 0 Å². The zero-order chi connectivity index (χ0) is 11.6. The number of aliphatic hydroxyl groups is 1. The molecular formula is C12H16O3. The van der Waals surface area contributed by atoms with Crippen LogP contribution in [0.1, 0.15) is 25.0 Å². The Morgan fingerprint density at radius 3 is 2.53 bits per heavy atom. The number of carboxylic acids is 1. The van der Waals surface area contributed by atoms with Gasteiger partial charge in [-0.1, -0.05) is 29.8 Å². The lowest BCUT2D eigenvalue weighted by molar-refractivity contribution is -0.150. The van der Waals surface area contributed by atoms with Gasteiger partial charge in [-0.2, -0.15) is 0 Å². The fourth-order valence-corrected chi connectivity index (χ4v) is 1.45. The van der Waals surface area contributed by atoms with Crippen LogP contribution >= 0.6 is 0 Å². The number of hydrogen-bond acceptors (Lipinski definition) is 2. The van der Waals surface area contributed by atoms with Crippen molar-refractivity contribution in [3.8, 4) is 0 Å². The molecule has 0 fully saturated rings. The van der Waals surface area contributed by atoms with E-state index in [0.29, 0.717) is 5.56 Å². The third-order valence-corrected chi connectivity index (χ3v) is 2.82. The number of rotatable bonds is 3. The van der Waals surface area contributed by atoms with Crippen molar-refractivity contribution < 1.29 is 15.0 Å². The van der Waals surface area contributed by atoms with Crippen LogP contribution in [0.2, 0.25) is 0 Å². The molecule has 1 aromatic carbocycles. The van der Waals surface area contributed by atoms with Crippen LogP contribution in [0.15, 0.2) is 24.3 Å². The maximum atomic E-state index is 10.8. The molecular weight excluding hydrogens is 192 g/mol. The molecule has 3 heteroatoms. The fourth-order valence-electron chi connectivity index (χ4n) is 1.45. The summed E-state index contributed by atoms with van der Waals surface area (Å²) < 4.78 is 0. The number of carboxylic acid groups (broad SMARTS) is 1. The first-order valence-electron chi connectivity index (χ1n) is 4.88. The predicted octanol–water partition coefficient (Wildman–Crippen LogP) is 1.92. The van der Waals surface area contributed by atoms with Crippen molar-refractivity contribution in [2.75, 3.05) is 0 Å². The maximum absolute atomic E-state index is 10.8. The van der Waals surface area contributed by atoms with E-state index < -0.39 is 17.5 Å². The zero-order valence-electron chi connectivity index (χ0n) is 9.19. The van der Waals surface area contributed by atoms with Gasteiger partial charge in [0, 0.05) is 0 Å². The van der Waals surface area contributed by atoms with E-state index in [9.17, 15) is 9.90 Å². The summed E-state index contributed by atoms with van der Waals surface area (Å²) in [6.45, 7) is 4.94. The first-order chi connectivity index (χ1) is 6.85. The van der Waals surface area contributed by atoms with Gasteiger partial charge in [0.05, 0.1) is 11.5 Å². The van der Waals surface area contributed by atoms with Crippen molar-refractivity contribution in [3.05, 3.63) is 35.4 Å². The number of carbonyl (C=O) groups is 1. The van der Waals surface area contributed by atoms with Gasteiger partial charge in [-0.3, -0.25) is 4.79 Å². The predicted molar refractivity (Wildman–Crippen MR) is 57.5 cm³/mol. The van der Waals surface area contributed by atoms with Crippen molar-refractivity contribution in [2.24, 2.45) is 5.92 Å². The molecule has 2 unspecified atom stereocenters. The third-order valence-electron chi connectivity index (χ3n) is 2.82. The van der Waals surface area contributed by atoms with Gasteiger partial charge in [0.15, 0.2) is 0 Å². The molecule has 0 radical (unpaired) electrons. The van der Waals surface area contributed by atoms with E-state index in [1.807, 2.05) is 19.1 Å². The van der Waals surface area contributed by atoms with Crippen LogP contribution in [0.25, 0.3) is 0 Å². The molecule has 1 aromatic rings. The van der Waals surface area contributed by atoms with Crippen molar-refractivity contribution in [1.82, 2.24) is 0 Å². The van der Waals surface area contributed by atoms with Crippen LogP contribution in [-0.4, -0.2) is 16.2 Å². The quantitative estimate of drug-likeness (QED) is 0.797. The van der Waals surface area contributed by atoms with E-state index >= 15 is 0 Å². The summed E-state index contributed by atoms with van der Waals surface area (Å²) >= 11 is 0. The maximum Gasteiger partial charge on any atom is 0.309 e. The van der Waals surface area contributed by atoms with Gasteiger partial charge in [0.25, 0.3) is 0 Å². The average molecular weight is 208 g/mol. The highest BCUT2D eigenvalue weighted by Crippen LogP contribution is 2.29. The van der Waals surface area contributed by atoms with E-state index in [1.54, 1.807) is 12.1 Å². The summed E-state index contributed by atoms with van der Waals surface area (Å²) in [4.78, 5) is 10.8. The summed E-state index contributed by atoms with van der Waals surface area (Å²) in [7, 11) is 0. The number of hydrogen-bond donors (Lipinski definition) is 2. The van der Waals surface area contributed by atoms with Gasteiger partial charge < -0.3 is 10.2 Å². The highest BCUT2D eigenvalue weighted by atomic mass is 16.4. The Labute approximate surface area is 89.4 Å². The summed E-state index contributed by atoms with van der Waals surface area (Å²) in [6.07, 6.45) is 0. The molecule has 15 heavy (non-hydrogen) atoms.